The van der Waals surface area contributed by atoms with E-state index >= 15 is 0 Å². The number of nitrogens with one attached hydrogen (secondary N) is 1. The summed E-state index contributed by atoms with van der Waals surface area (Å²) in [6, 6.07) is 2.93. The van der Waals surface area contributed by atoms with E-state index in [-0.39, 0.29) is 6.10 Å². The van der Waals surface area contributed by atoms with Gasteiger partial charge in [-0.25, -0.2) is 4.52 Å². The number of fused-ring (bicyclic) bond motifs is 1. The third-order valence-electron chi connectivity index (χ3n) is 7.72. The largest absolute Gasteiger partial charge is 0.488 e. The van der Waals surface area contributed by atoms with Crippen molar-refractivity contribution < 1.29 is 9.47 Å². The van der Waals surface area contributed by atoms with Crippen LogP contribution in [0, 0.1) is 0 Å². The van der Waals surface area contributed by atoms with E-state index in [0.29, 0.717) is 6.04 Å². The lowest BCUT2D eigenvalue weighted by molar-refractivity contribution is 0.0260. The molecule has 3 aliphatic heterocycles. The number of hydrogen-bond donors (Lipinski definition) is 1. The molecule has 3 fully saturated rings. The number of aromatic nitrogens is 4. The van der Waals surface area contributed by atoms with E-state index in [1.54, 1.807) is 0 Å². The van der Waals surface area contributed by atoms with Crippen LogP contribution in [0.5, 0.6) is 5.75 Å². The first-order valence-electron chi connectivity index (χ1n) is 12.7. The van der Waals surface area contributed by atoms with Gasteiger partial charge in [-0.15, -0.1) is 0 Å². The number of anilines is 1. The number of nitrogens with zero attached hydrogens (tertiary/aromatic N) is 6. The van der Waals surface area contributed by atoms with Crippen molar-refractivity contribution in [3.63, 3.8) is 0 Å². The van der Waals surface area contributed by atoms with Gasteiger partial charge in [-0.2, -0.15) is 10.2 Å². The van der Waals surface area contributed by atoms with E-state index < -0.39 is 0 Å². The Morgan fingerprint density at radius 1 is 1.00 bits per heavy atom. The fourth-order valence-corrected chi connectivity index (χ4v) is 5.59. The van der Waals surface area contributed by atoms with Gasteiger partial charge in [0.15, 0.2) is 0 Å². The molecule has 3 aromatic heterocycles. The van der Waals surface area contributed by atoms with Crippen LogP contribution in [0.1, 0.15) is 25.7 Å². The number of likely N-dealkylation sites (N-methyl/N-ethyl adjacent to an activating group) is 1. The molecule has 3 saturated heterocycles. The summed E-state index contributed by atoms with van der Waals surface area (Å²) in [5.41, 5.74) is 4.25. The number of pyridine rings is 1. The van der Waals surface area contributed by atoms with E-state index in [0.717, 1.165) is 61.5 Å². The second-order valence-electron chi connectivity index (χ2n) is 9.89. The highest BCUT2D eigenvalue weighted by molar-refractivity contribution is 5.85. The van der Waals surface area contributed by atoms with Gasteiger partial charge in [-0.05, 0) is 19.9 Å². The summed E-state index contributed by atoms with van der Waals surface area (Å²) in [6.07, 6.45) is 12.2. The third-order valence-corrected chi connectivity index (χ3v) is 7.72. The number of piperidine rings is 1. The fourth-order valence-electron chi connectivity index (χ4n) is 5.59. The Balaban J connectivity index is 1.25. The maximum atomic E-state index is 6.61. The zero-order valence-corrected chi connectivity index (χ0v) is 20.0. The predicted octanol–water partition coefficient (Wildman–Crippen LogP) is 2.50. The van der Waals surface area contributed by atoms with Crippen molar-refractivity contribution in [3.8, 4) is 16.9 Å². The summed E-state index contributed by atoms with van der Waals surface area (Å²) in [5.74, 6) is 0.902. The topological polar surface area (TPSA) is 74.2 Å². The van der Waals surface area contributed by atoms with Gasteiger partial charge >= 0.3 is 0 Å². The second kappa shape index (κ2) is 9.56. The lowest BCUT2D eigenvalue weighted by Crippen LogP contribution is -2.52. The molecule has 0 saturated carbocycles. The van der Waals surface area contributed by atoms with Crippen LogP contribution in [0.4, 0.5) is 5.69 Å². The molecule has 182 valence electrons. The first-order chi connectivity index (χ1) is 16.7. The van der Waals surface area contributed by atoms with Gasteiger partial charge in [0, 0.05) is 81.5 Å². The summed E-state index contributed by atoms with van der Waals surface area (Å²) in [6.45, 7) is 8.40. The minimum absolute atomic E-state index is 0.169. The number of rotatable bonds is 5. The lowest BCUT2D eigenvalue weighted by Gasteiger charge is -2.42. The Morgan fingerprint density at radius 2 is 1.79 bits per heavy atom. The van der Waals surface area contributed by atoms with Crippen molar-refractivity contribution in [2.45, 2.75) is 37.8 Å². The second-order valence-corrected chi connectivity index (χ2v) is 9.89. The highest BCUT2D eigenvalue weighted by Gasteiger charge is 2.28. The first-order valence-corrected chi connectivity index (χ1v) is 12.7. The molecule has 0 aromatic carbocycles. The predicted molar refractivity (Wildman–Crippen MR) is 132 cm³/mol. The molecule has 6 rings (SSSR count). The van der Waals surface area contributed by atoms with Gasteiger partial charge in [0.25, 0.3) is 0 Å². The Morgan fingerprint density at radius 3 is 2.53 bits per heavy atom. The van der Waals surface area contributed by atoms with Crippen LogP contribution in [0.3, 0.4) is 0 Å². The van der Waals surface area contributed by atoms with Gasteiger partial charge < -0.3 is 19.3 Å². The highest BCUT2D eigenvalue weighted by atomic mass is 16.5. The van der Waals surface area contributed by atoms with E-state index in [1.807, 2.05) is 23.1 Å². The maximum Gasteiger partial charge on any atom is 0.148 e. The van der Waals surface area contributed by atoms with E-state index in [2.05, 4.69) is 44.2 Å². The molecule has 0 spiro atoms. The monoisotopic (exact) mass is 465 g/mol. The van der Waals surface area contributed by atoms with E-state index in [9.17, 15) is 0 Å². The molecular formula is C25H35N7O2. The molecule has 1 N–H and O–H groups in total. The first kappa shape index (κ1) is 21.9. The lowest BCUT2D eigenvalue weighted by atomic mass is 10.0. The van der Waals surface area contributed by atoms with Crippen molar-refractivity contribution in [3.05, 3.63) is 30.9 Å². The normalized spacial score (nSPS) is 22.0. The van der Waals surface area contributed by atoms with E-state index in [4.69, 9.17) is 14.6 Å². The van der Waals surface area contributed by atoms with Crippen LogP contribution in [-0.2, 0) is 4.74 Å². The molecule has 0 radical (unpaired) electrons. The fraction of sp³-hybridized carbons (Fsp3) is 0.600. The van der Waals surface area contributed by atoms with Gasteiger partial charge in [-0.3, -0.25) is 10.00 Å². The smallest absolute Gasteiger partial charge is 0.148 e. The minimum Gasteiger partial charge on any atom is -0.488 e. The minimum atomic E-state index is 0.169. The zero-order valence-electron chi connectivity index (χ0n) is 20.0. The van der Waals surface area contributed by atoms with Crippen LogP contribution < -0.4 is 9.64 Å². The molecule has 0 atom stereocenters. The average molecular weight is 466 g/mol. The molecular weight excluding hydrogens is 430 g/mol. The molecule has 9 heteroatoms. The van der Waals surface area contributed by atoms with Crippen molar-refractivity contribution in [2.75, 3.05) is 64.4 Å². The molecule has 34 heavy (non-hydrogen) atoms. The van der Waals surface area contributed by atoms with Crippen LogP contribution >= 0.6 is 0 Å². The van der Waals surface area contributed by atoms with E-state index in [1.165, 1.54) is 44.7 Å². The van der Waals surface area contributed by atoms with Gasteiger partial charge in [0.1, 0.15) is 17.4 Å². The number of hydrogen-bond acceptors (Lipinski definition) is 7. The zero-order chi connectivity index (χ0) is 22.9. The standard InChI is InChI=1S/C25H35N7O2/c1-29-8-10-31(11-9-29)20-2-6-30(7-3-20)21-14-24(34-22-4-12-33-13-5-22)25-23(17-28-32(25)18-21)19-15-26-27-16-19/h14-18,20,22H,2-13H2,1H3,(H,26,27). The van der Waals surface area contributed by atoms with Gasteiger partial charge in [0.2, 0.25) is 0 Å². The summed E-state index contributed by atoms with van der Waals surface area (Å²) in [5, 5.41) is 11.8. The molecule has 3 aliphatic rings. The van der Waals surface area contributed by atoms with Crippen molar-refractivity contribution >= 4 is 11.2 Å². The summed E-state index contributed by atoms with van der Waals surface area (Å²) in [4.78, 5) is 7.63. The van der Waals surface area contributed by atoms with Crippen molar-refractivity contribution in [1.82, 2.24) is 29.6 Å². The average Bonchev–Trinajstić information content (AvgIpc) is 3.55. The van der Waals surface area contributed by atoms with Crippen molar-refractivity contribution in [1.29, 1.82) is 0 Å². The van der Waals surface area contributed by atoms with Gasteiger partial charge in [-0.1, -0.05) is 0 Å². The maximum absolute atomic E-state index is 6.61. The Bertz CT molecular complexity index is 1080. The summed E-state index contributed by atoms with van der Waals surface area (Å²) in [7, 11) is 2.23. The Kier molecular flexibility index (Phi) is 6.15. The van der Waals surface area contributed by atoms with Crippen molar-refractivity contribution in [2.24, 2.45) is 0 Å². The number of ether oxygens (including phenoxy) is 2. The molecule has 0 aliphatic carbocycles. The molecule has 0 amide bonds. The Hall–Kier alpha value is -2.62. The number of H-pyrrole nitrogens is 1. The highest BCUT2D eigenvalue weighted by Crippen LogP contribution is 2.36. The molecule has 0 bridgehead atoms. The van der Waals surface area contributed by atoms with Crippen LogP contribution in [-0.4, -0.2) is 101 Å². The Labute approximate surface area is 200 Å². The molecule has 3 aromatic rings. The number of piperazine rings is 1. The number of aromatic amines is 1. The SMILES string of the molecule is CN1CCN(C2CCN(c3cc(OC4CCOCC4)c4c(-c5cn[nH]c5)cnn4c3)CC2)CC1. The van der Waals surface area contributed by atoms with Crippen LogP contribution in [0.15, 0.2) is 30.9 Å². The van der Waals surface area contributed by atoms with Crippen LogP contribution in [0.2, 0.25) is 0 Å². The summed E-state index contributed by atoms with van der Waals surface area (Å²) >= 11 is 0. The molecule has 0 unspecified atom stereocenters. The quantitative estimate of drug-likeness (QED) is 0.621. The van der Waals surface area contributed by atoms with Gasteiger partial charge in [0.05, 0.1) is 37.5 Å². The van der Waals surface area contributed by atoms with Crippen LogP contribution in [0.25, 0.3) is 16.6 Å². The third kappa shape index (κ3) is 4.39. The molecule has 6 heterocycles. The summed E-state index contributed by atoms with van der Waals surface area (Å²) < 4.78 is 14.1. The molecule has 9 nitrogen and oxygen atoms in total.